The highest BCUT2D eigenvalue weighted by Crippen LogP contribution is 2.24. The lowest BCUT2D eigenvalue weighted by Crippen LogP contribution is -2.49. The number of hydrogen-bond donors (Lipinski definition) is 1. The number of hydrogen-bond acceptors (Lipinski definition) is 3. The van der Waals surface area contributed by atoms with Crippen molar-refractivity contribution in [1.29, 1.82) is 0 Å². The fraction of sp³-hybridized carbons (Fsp3) is 0.600. The molecule has 2 rings (SSSR count). The van der Waals surface area contributed by atoms with Gasteiger partial charge in [0, 0.05) is 38.3 Å². The average molecular weight is 248 g/mol. The normalized spacial score (nSPS) is 20.2. The van der Waals surface area contributed by atoms with Crippen LogP contribution in [0, 0.1) is 0 Å². The van der Waals surface area contributed by atoms with Crippen molar-refractivity contribution in [2.75, 3.05) is 26.2 Å². The van der Waals surface area contributed by atoms with Crippen molar-refractivity contribution >= 4 is 0 Å². The van der Waals surface area contributed by atoms with Crippen LogP contribution in [-0.4, -0.2) is 47.1 Å². The molecule has 0 saturated carbocycles. The molecule has 0 radical (unpaired) electrons. The third kappa shape index (κ3) is 3.03. The zero-order chi connectivity index (χ0) is 13.1. The maximum absolute atomic E-state index is 9.55. The summed E-state index contributed by atoms with van der Waals surface area (Å²) in [5.41, 5.74) is 1.20. The summed E-state index contributed by atoms with van der Waals surface area (Å²) >= 11 is 0. The molecule has 1 fully saturated rings. The van der Waals surface area contributed by atoms with Gasteiger partial charge in [0.25, 0.3) is 0 Å². The Bertz CT molecular complexity index is 384. The Morgan fingerprint density at radius 2 is 1.61 bits per heavy atom. The highest BCUT2D eigenvalue weighted by Gasteiger charge is 2.23. The van der Waals surface area contributed by atoms with Crippen LogP contribution >= 0.6 is 0 Å². The Balaban J connectivity index is 1.97. The van der Waals surface area contributed by atoms with E-state index in [1.807, 2.05) is 12.1 Å². The Morgan fingerprint density at radius 3 is 2.17 bits per heavy atom. The van der Waals surface area contributed by atoms with Gasteiger partial charge in [-0.2, -0.15) is 0 Å². The number of benzene rings is 1. The van der Waals surface area contributed by atoms with Crippen LogP contribution in [-0.2, 0) is 0 Å². The summed E-state index contributed by atoms with van der Waals surface area (Å²) in [6.45, 7) is 11.2. The van der Waals surface area contributed by atoms with E-state index in [-0.39, 0.29) is 0 Å². The van der Waals surface area contributed by atoms with E-state index in [4.69, 9.17) is 0 Å². The molecule has 1 unspecified atom stereocenters. The van der Waals surface area contributed by atoms with Crippen LogP contribution in [0.4, 0.5) is 0 Å². The van der Waals surface area contributed by atoms with Crippen LogP contribution in [0.25, 0.3) is 0 Å². The van der Waals surface area contributed by atoms with Crippen LogP contribution in [0.1, 0.15) is 32.4 Å². The summed E-state index contributed by atoms with van der Waals surface area (Å²) < 4.78 is 0. The molecule has 18 heavy (non-hydrogen) atoms. The predicted octanol–water partition coefficient (Wildman–Crippen LogP) is 2.48. The summed E-state index contributed by atoms with van der Waals surface area (Å²) in [6.07, 6.45) is 0. The molecular formula is C15H24N2O. The van der Waals surface area contributed by atoms with Gasteiger partial charge >= 0.3 is 0 Å². The van der Waals surface area contributed by atoms with E-state index in [9.17, 15) is 5.11 Å². The van der Waals surface area contributed by atoms with Gasteiger partial charge in [-0.3, -0.25) is 9.80 Å². The third-order valence-electron chi connectivity index (χ3n) is 3.98. The molecule has 3 heteroatoms. The molecule has 3 nitrogen and oxygen atoms in total. The molecule has 1 aliphatic heterocycles. The molecule has 1 heterocycles. The number of aromatic hydroxyl groups is 1. The first-order valence-corrected chi connectivity index (χ1v) is 6.85. The molecule has 1 atom stereocenters. The van der Waals surface area contributed by atoms with E-state index in [0.717, 1.165) is 26.2 Å². The van der Waals surface area contributed by atoms with Crippen molar-refractivity contribution in [3.05, 3.63) is 29.8 Å². The first-order chi connectivity index (χ1) is 8.58. The van der Waals surface area contributed by atoms with Crippen molar-refractivity contribution in [2.45, 2.75) is 32.9 Å². The van der Waals surface area contributed by atoms with Crippen molar-refractivity contribution in [2.24, 2.45) is 0 Å². The second kappa shape index (κ2) is 5.72. The van der Waals surface area contributed by atoms with Gasteiger partial charge < -0.3 is 5.11 Å². The van der Waals surface area contributed by atoms with Gasteiger partial charge in [-0.05, 0) is 38.5 Å². The number of nitrogens with zero attached hydrogens (tertiary/aromatic N) is 2. The van der Waals surface area contributed by atoms with Gasteiger partial charge in [0.05, 0.1) is 0 Å². The van der Waals surface area contributed by atoms with E-state index < -0.39 is 0 Å². The number of phenols is 1. The van der Waals surface area contributed by atoms with Crippen molar-refractivity contribution in [3.63, 3.8) is 0 Å². The van der Waals surface area contributed by atoms with Gasteiger partial charge in [-0.15, -0.1) is 0 Å². The Hall–Kier alpha value is -1.06. The quantitative estimate of drug-likeness (QED) is 0.890. The topological polar surface area (TPSA) is 26.7 Å². The molecule has 1 aromatic carbocycles. The summed E-state index contributed by atoms with van der Waals surface area (Å²) in [4.78, 5) is 5.01. The highest BCUT2D eigenvalue weighted by atomic mass is 16.3. The zero-order valence-electron chi connectivity index (χ0n) is 11.6. The van der Waals surface area contributed by atoms with Crippen LogP contribution in [0.15, 0.2) is 24.3 Å². The maximum Gasteiger partial charge on any atom is 0.115 e. The van der Waals surface area contributed by atoms with Gasteiger partial charge in [0.15, 0.2) is 0 Å². The lowest BCUT2D eigenvalue weighted by molar-refractivity contribution is 0.0833. The highest BCUT2D eigenvalue weighted by molar-refractivity contribution is 5.29. The fourth-order valence-electron chi connectivity index (χ4n) is 2.64. The first-order valence-electron chi connectivity index (χ1n) is 6.85. The molecule has 1 saturated heterocycles. The van der Waals surface area contributed by atoms with Crippen LogP contribution in [0.2, 0.25) is 0 Å². The van der Waals surface area contributed by atoms with E-state index in [0.29, 0.717) is 17.8 Å². The van der Waals surface area contributed by atoms with Crippen molar-refractivity contribution in [3.8, 4) is 5.75 Å². The molecular weight excluding hydrogens is 224 g/mol. The number of rotatable bonds is 3. The monoisotopic (exact) mass is 248 g/mol. The predicted molar refractivity (Wildman–Crippen MR) is 74.8 cm³/mol. The molecule has 0 aromatic heterocycles. The van der Waals surface area contributed by atoms with Crippen LogP contribution in [0.3, 0.4) is 0 Å². The Kier molecular flexibility index (Phi) is 4.25. The molecule has 1 aliphatic rings. The standard InChI is InChI=1S/C15H24N2O/c1-12(2)16-7-9-17(10-8-16)13(3)14-5-4-6-15(18)11-14/h4-6,11-13,18H,7-10H2,1-3H3. The molecule has 1 aromatic rings. The summed E-state index contributed by atoms with van der Waals surface area (Å²) in [5, 5.41) is 9.55. The SMILES string of the molecule is CC(C)N1CCN(C(C)c2cccc(O)c2)CC1. The van der Waals surface area contributed by atoms with Crippen molar-refractivity contribution in [1.82, 2.24) is 9.80 Å². The minimum absolute atomic E-state index is 0.361. The molecule has 0 amide bonds. The first kappa shape index (κ1) is 13.4. The Labute approximate surface area is 110 Å². The van der Waals surface area contributed by atoms with Crippen molar-refractivity contribution < 1.29 is 5.11 Å². The third-order valence-corrected chi connectivity index (χ3v) is 3.98. The van der Waals surface area contributed by atoms with Gasteiger partial charge in [0.1, 0.15) is 5.75 Å². The molecule has 1 N–H and O–H groups in total. The zero-order valence-corrected chi connectivity index (χ0v) is 11.6. The van der Waals surface area contributed by atoms with E-state index in [1.165, 1.54) is 5.56 Å². The van der Waals surface area contributed by atoms with Gasteiger partial charge in [-0.25, -0.2) is 0 Å². The van der Waals surface area contributed by atoms with Crippen LogP contribution < -0.4 is 0 Å². The summed E-state index contributed by atoms with van der Waals surface area (Å²) in [7, 11) is 0. The largest absolute Gasteiger partial charge is 0.508 e. The molecule has 0 spiro atoms. The van der Waals surface area contributed by atoms with Gasteiger partial charge in [-0.1, -0.05) is 12.1 Å². The van der Waals surface area contributed by atoms with Gasteiger partial charge in [0.2, 0.25) is 0 Å². The summed E-state index contributed by atoms with van der Waals surface area (Å²) in [5.74, 6) is 0.361. The molecule has 0 aliphatic carbocycles. The van der Waals surface area contributed by atoms with E-state index in [2.05, 4.69) is 36.6 Å². The minimum atomic E-state index is 0.361. The number of piperazine rings is 1. The Morgan fingerprint density at radius 1 is 1.00 bits per heavy atom. The molecule has 0 bridgehead atoms. The number of phenolic OH excluding ortho intramolecular Hbond substituents is 1. The van der Waals surface area contributed by atoms with Crippen LogP contribution in [0.5, 0.6) is 5.75 Å². The smallest absolute Gasteiger partial charge is 0.115 e. The van der Waals surface area contributed by atoms with E-state index in [1.54, 1.807) is 6.07 Å². The average Bonchev–Trinajstić information content (AvgIpc) is 2.38. The lowest BCUT2D eigenvalue weighted by atomic mass is 10.1. The second-order valence-corrected chi connectivity index (χ2v) is 5.44. The maximum atomic E-state index is 9.55. The fourth-order valence-corrected chi connectivity index (χ4v) is 2.64. The van der Waals surface area contributed by atoms with E-state index >= 15 is 0 Å². The summed E-state index contributed by atoms with van der Waals surface area (Å²) in [6, 6.07) is 8.64. The molecule has 100 valence electrons. The minimum Gasteiger partial charge on any atom is -0.508 e. The lowest BCUT2D eigenvalue weighted by Gasteiger charge is -2.39. The second-order valence-electron chi connectivity index (χ2n) is 5.44.